The number of aromatic nitrogens is 2. The number of rotatable bonds is 6. The molecule has 5 nitrogen and oxygen atoms in total. The van der Waals surface area contributed by atoms with E-state index in [2.05, 4.69) is 15.3 Å². The number of nitrogens with zero attached hydrogens (tertiary/aromatic N) is 2. The zero-order chi connectivity index (χ0) is 17.6. The molecule has 0 saturated heterocycles. The molecule has 0 aliphatic rings. The fourth-order valence-electron chi connectivity index (χ4n) is 2.21. The summed E-state index contributed by atoms with van der Waals surface area (Å²) < 4.78 is 5.53. The second-order valence-electron chi connectivity index (χ2n) is 5.69. The second-order valence-corrected chi connectivity index (χ2v) is 6.55. The Bertz CT molecular complexity index is 862. The van der Waals surface area contributed by atoms with Gasteiger partial charge in [-0.25, -0.2) is 4.98 Å². The van der Waals surface area contributed by atoms with Crippen LogP contribution >= 0.6 is 11.3 Å². The summed E-state index contributed by atoms with van der Waals surface area (Å²) in [6, 6.07) is 9.62. The Kier molecular flexibility index (Phi) is 5.40. The summed E-state index contributed by atoms with van der Waals surface area (Å²) in [6.07, 6.45) is 3.48. The maximum absolute atomic E-state index is 11.9. The van der Waals surface area contributed by atoms with E-state index < -0.39 is 0 Å². The number of ether oxygens (including phenoxy) is 1. The van der Waals surface area contributed by atoms with Crippen molar-refractivity contribution >= 4 is 17.2 Å². The highest BCUT2D eigenvalue weighted by Crippen LogP contribution is 2.22. The summed E-state index contributed by atoms with van der Waals surface area (Å²) in [5.74, 6) is 0.531. The lowest BCUT2D eigenvalue weighted by molar-refractivity contribution is -0.123. The van der Waals surface area contributed by atoms with Crippen molar-refractivity contribution in [2.24, 2.45) is 0 Å². The van der Waals surface area contributed by atoms with Crippen LogP contribution in [0.25, 0.3) is 10.6 Å². The monoisotopic (exact) mass is 353 g/mol. The van der Waals surface area contributed by atoms with E-state index in [4.69, 9.17) is 4.74 Å². The number of pyridine rings is 1. The van der Waals surface area contributed by atoms with Gasteiger partial charge in [-0.2, -0.15) is 0 Å². The highest BCUT2D eigenvalue weighted by molar-refractivity contribution is 7.13. The zero-order valence-electron chi connectivity index (χ0n) is 14.2. The van der Waals surface area contributed by atoms with Gasteiger partial charge in [0.25, 0.3) is 5.91 Å². The largest absolute Gasteiger partial charge is 0.484 e. The Morgan fingerprint density at radius 3 is 2.72 bits per heavy atom. The average molecular weight is 353 g/mol. The first-order chi connectivity index (χ1) is 12.1. The van der Waals surface area contributed by atoms with Crippen molar-refractivity contribution in [3.05, 3.63) is 64.9 Å². The first kappa shape index (κ1) is 17.1. The fourth-order valence-corrected chi connectivity index (χ4v) is 3.03. The minimum Gasteiger partial charge on any atom is -0.484 e. The second kappa shape index (κ2) is 7.90. The molecule has 25 heavy (non-hydrogen) atoms. The third-order valence-electron chi connectivity index (χ3n) is 3.79. The number of hydrogen-bond acceptors (Lipinski definition) is 5. The van der Waals surface area contributed by atoms with Crippen LogP contribution < -0.4 is 10.1 Å². The summed E-state index contributed by atoms with van der Waals surface area (Å²) in [5, 5.41) is 5.69. The van der Waals surface area contributed by atoms with Crippen molar-refractivity contribution in [1.29, 1.82) is 0 Å². The predicted molar refractivity (Wildman–Crippen MR) is 98.6 cm³/mol. The fraction of sp³-hybridized carbons (Fsp3) is 0.211. The van der Waals surface area contributed by atoms with E-state index >= 15 is 0 Å². The Morgan fingerprint density at radius 1 is 1.16 bits per heavy atom. The van der Waals surface area contributed by atoms with Crippen LogP contribution in [0.15, 0.2) is 48.1 Å². The van der Waals surface area contributed by atoms with Gasteiger partial charge in [-0.15, -0.1) is 11.3 Å². The number of thiazole rings is 1. The third kappa shape index (κ3) is 4.64. The molecule has 6 heteroatoms. The van der Waals surface area contributed by atoms with Gasteiger partial charge in [0.2, 0.25) is 0 Å². The summed E-state index contributed by atoms with van der Waals surface area (Å²) in [5.41, 5.74) is 4.20. The molecule has 0 spiro atoms. The van der Waals surface area contributed by atoms with Crippen LogP contribution in [0.2, 0.25) is 0 Å². The van der Waals surface area contributed by atoms with Gasteiger partial charge >= 0.3 is 0 Å². The minimum atomic E-state index is -0.170. The third-order valence-corrected chi connectivity index (χ3v) is 4.73. The number of amides is 1. The number of carbonyl (C=O) groups is 1. The molecule has 2 aromatic heterocycles. The molecule has 1 N–H and O–H groups in total. The summed E-state index contributed by atoms with van der Waals surface area (Å²) in [7, 11) is 0. The van der Waals surface area contributed by atoms with Gasteiger partial charge in [-0.05, 0) is 49.2 Å². The van der Waals surface area contributed by atoms with Crippen LogP contribution in [-0.2, 0) is 11.3 Å². The van der Waals surface area contributed by atoms with E-state index in [9.17, 15) is 4.79 Å². The Labute approximate surface area is 150 Å². The molecule has 1 amide bonds. The normalized spacial score (nSPS) is 10.5. The summed E-state index contributed by atoms with van der Waals surface area (Å²) >= 11 is 1.55. The maximum Gasteiger partial charge on any atom is 0.258 e. The molecule has 0 fully saturated rings. The van der Waals surface area contributed by atoms with Crippen molar-refractivity contribution in [2.75, 3.05) is 6.61 Å². The van der Waals surface area contributed by atoms with E-state index in [1.807, 2.05) is 49.6 Å². The lowest BCUT2D eigenvalue weighted by atomic mass is 10.1. The Balaban J connectivity index is 1.49. The molecule has 1 aromatic carbocycles. The summed E-state index contributed by atoms with van der Waals surface area (Å²) in [6.45, 7) is 4.44. The lowest BCUT2D eigenvalue weighted by Crippen LogP contribution is -2.28. The molecule has 2 heterocycles. The first-order valence-electron chi connectivity index (χ1n) is 7.93. The molecule has 0 radical (unpaired) electrons. The van der Waals surface area contributed by atoms with Crippen LogP contribution in [0.1, 0.15) is 16.8 Å². The van der Waals surface area contributed by atoms with Crippen molar-refractivity contribution in [3.8, 4) is 16.3 Å². The minimum absolute atomic E-state index is 0.0101. The number of nitrogens with one attached hydrogen (secondary N) is 1. The van der Waals surface area contributed by atoms with Crippen molar-refractivity contribution in [1.82, 2.24) is 15.3 Å². The van der Waals surface area contributed by atoms with Gasteiger partial charge < -0.3 is 10.1 Å². The van der Waals surface area contributed by atoms with E-state index in [1.54, 1.807) is 23.7 Å². The standard InChI is InChI=1S/C19H19N3O2S/c1-13-3-4-17(9-14(13)2)24-11-18(23)21-10-16-12-25-19(22-16)15-5-7-20-8-6-15/h3-9,12H,10-11H2,1-2H3,(H,21,23). The molecule has 0 aliphatic carbocycles. The molecule has 0 atom stereocenters. The van der Waals surface area contributed by atoms with E-state index in [-0.39, 0.29) is 12.5 Å². The van der Waals surface area contributed by atoms with E-state index in [0.717, 1.165) is 21.8 Å². The number of benzene rings is 1. The predicted octanol–water partition coefficient (Wildman–Crippen LogP) is 3.52. The van der Waals surface area contributed by atoms with Crippen molar-refractivity contribution in [3.63, 3.8) is 0 Å². The van der Waals surface area contributed by atoms with Gasteiger partial charge in [0.05, 0.1) is 12.2 Å². The van der Waals surface area contributed by atoms with Gasteiger partial charge in [0.15, 0.2) is 6.61 Å². The molecule has 0 saturated carbocycles. The quantitative estimate of drug-likeness (QED) is 0.736. The van der Waals surface area contributed by atoms with Gasteiger partial charge in [0.1, 0.15) is 10.8 Å². The van der Waals surface area contributed by atoms with Crippen LogP contribution in [-0.4, -0.2) is 22.5 Å². The number of carbonyl (C=O) groups excluding carboxylic acids is 1. The highest BCUT2D eigenvalue weighted by atomic mass is 32.1. The highest BCUT2D eigenvalue weighted by Gasteiger charge is 2.07. The topological polar surface area (TPSA) is 64.1 Å². The van der Waals surface area contributed by atoms with Crippen LogP contribution in [0.3, 0.4) is 0 Å². The van der Waals surface area contributed by atoms with E-state index in [0.29, 0.717) is 12.3 Å². The lowest BCUT2D eigenvalue weighted by Gasteiger charge is -2.08. The first-order valence-corrected chi connectivity index (χ1v) is 8.81. The zero-order valence-corrected chi connectivity index (χ0v) is 15.0. The van der Waals surface area contributed by atoms with E-state index in [1.165, 1.54) is 5.56 Å². The van der Waals surface area contributed by atoms with Crippen molar-refractivity contribution in [2.45, 2.75) is 20.4 Å². The van der Waals surface area contributed by atoms with Crippen LogP contribution in [0.5, 0.6) is 5.75 Å². The number of hydrogen-bond donors (Lipinski definition) is 1. The molecule has 128 valence electrons. The molecule has 3 aromatic rings. The molecular weight excluding hydrogens is 334 g/mol. The molecule has 0 aliphatic heterocycles. The smallest absolute Gasteiger partial charge is 0.258 e. The number of aryl methyl sites for hydroxylation is 2. The average Bonchev–Trinajstić information content (AvgIpc) is 3.11. The van der Waals surface area contributed by atoms with Crippen LogP contribution in [0.4, 0.5) is 0 Å². The van der Waals surface area contributed by atoms with Gasteiger partial charge in [-0.1, -0.05) is 6.07 Å². The SMILES string of the molecule is Cc1ccc(OCC(=O)NCc2csc(-c3ccncc3)n2)cc1C. The summed E-state index contributed by atoms with van der Waals surface area (Å²) in [4.78, 5) is 20.5. The maximum atomic E-state index is 11.9. The van der Waals surface area contributed by atoms with Crippen LogP contribution in [0, 0.1) is 13.8 Å². The molecular formula is C19H19N3O2S. The Morgan fingerprint density at radius 2 is 1.96 bits per heavy atom. The molecule has 0 bridgehead atoms. The Hall–Kier alpha value is -2.73. The van der Waals surface area contributed by atoms with Gasteiger partial charge in [-0.3, -0.25) is 9.78 Å². The molecule has 3 rings (SSSR count). The van der Waals surface area contributed by atoms with Crippen molar-refractivity contribution < 1.29 is 9.53 Å². The molecule has 0 unspecified atom stereocenters. The van der Waals surface area contributed by atoms with Gasteiger partial charge in [0, 0.05) is 23.3 Å².